The van der Waals surface area contributed by atoms with Gasteiger partial charge >= 0.3 is 0 Å². The fraction of sp³-hybridized carbons (Fsp3) is 0.559. The fourth-order valence-electron chi connectivity index (χ4n) is 5.64. The van der Waals surface area contributed by atoms with Gasteiger partial charge in [-0.15, -0.1) is 0 Å². The molecule has 240 valence electrons. The summed E-state index contributed by atoms with van der Waals surface area (Å²) in [6.45, 7) is 6.14. The second-order valence-corrected chi connectivity index (χ2v) is 12.6. The Balaban J connectivity index is 1.33. The molecule has 5 N–H and O–H groups in total. The van der Waals surface area contributed by atoms with Gasteiger partial charge in [0.05, 0.1) is 30.4 Å². The summed E-state index contributed by atoms with van der Waals surface area (Å²) in [6, 6.07) is 12.3. The van der Waals surface area contributed by atoms with Gasteiger partial charge in [-0.05, 0) is 75.9 Å². The number of rotatable bonds is 14. The summed E-state index contributed by atoms with van der Waals surface area (Å²) in [6.07, 6.45) is 5.29. The standard InChI is InChI=1S/C34H49N5O5/c1-23-19-39(24(2)22-40)34(43)18-26-17-27(15-16-30(26)44-31(23)21-38(3)20-25-13-14-25)36-32(41)11-5-4-6-12-33(42)37-29-10-8-7-9-28(29)35/h7-10,15-17,23-25,31,40H,4-6,11-14,18-22,35H2,1-3H3,(H,36,41)(H,37,42)/t23-,24-,31+/m1/s1. The number of nitrogens with zero attached hydrogens (tertiary/aromatic N) is 2. The first-order valence-corrected chi connectivity index (χ1v) is 16.0. The minimum atomic E-state index is -0.304. The summed E-state index contributed by atoms with van der Waals surface area (Å²) in [5, 5.41) is 15.7. The van der Waals surface area contributed by atoms with Gasteiger partial charge in [0.2, 0.25) is 17.7 Å². The Morgan fingerprint density at radius 2 is 1.77 bits per heavy atom. The minimum absolute atomic E-state index is 0.0579. The van der Waals surface area contributed by atoms with E-state index in [1.165, 1.54) is 12.8 Å². The zero-order valence-corrected chi connectivity index (χ0v) is 26.4. The zero-order chi connectivity index (χ0) is 31.6. The number of unbranched alkanes of at least 4 members (excludes halogenated alkanes) is 2. The molecule has 2 aromatic carbocycles. The number of carbonyl (C=O) groups is 3. The fourth-order valence-corrected chi connectivity index (χ4v) is 5.64. The number of carbonyl (C=O) groups excluding carboxylic acids is 3. The van der Waals surface area contributed by atoms with E-state index in [4.69, 9.17) is 10.5 Å². The van der Waals surface area contributed by atoms with Crippen molar-refractivity contribution in [2.45, 2.75) is 77.4 Å². The van der Waals surface area contributed by atoms with Crippen LogP contribution in [0.15, 0.2) is 42.5 Å². The van der Waals surface area contributed by atoms with Gasteiger partial charge in [-0.1, -0.05) is 25.5 Å². The molecule has 2 aromatic rings. The van der Waals surface area contributed by atoms with Crippen LogP contribution in [0.4, 0.5) is 17.1 Å². The number of nitrogens with two attached hydrogens (primary N) is 1. The molecule has 0 aromatic heterocycles. The number of nitrogen functional groups attached to an aromatic ring is 1. The number of nitrogens with one attached hydrogen (secondary N) is 2. The maximum absolute atomic E-state index is 13.4. The molecule has 44 heavy (non-hydrogen) atoms. The average Bonchev–Trinajstić information content (AvgIpc) is 3.80. The molecular weight excluding hydrogens is 558 g/mol. The van der Waals surface area contributed by atoms with Crippen molar-refractivity contribution >= 4 is 34.8 Å². The normalized spacial score (nSPS) is 19.3. The lowest BCUT2D eigenvalue weighted by Gasteiger charge is -2.34. The van der Waals surface area contributed by atoms with Crippen LogP contribution in [-0.4, -0.2) is 78.1 Å². The minimum Gasteiger partial charge on any atom is -0.488 e. The van der Waals surface area contributed by atoms with E-state index in [2.05, 4.69) is 29.5 Å². The van der Waals surface area contributed by atoms with Crippen LogP contribution in [0.2, 0.25) is 0 Å². The molecule has 3 amide bonds. The van der Waals surface area contributed by atoms with E-state index in [1.807, 2.05) is 37.3 Å². The summed E-state index contributed by atoms with van der Waals surface area (Å²) in [4.78, 5) is 42.5. The molecule has 0 unspecified atom stereocenters. The lowest BCUT2D eigenvalue weighted by Crippen LogP contribution is -2.47. The number of ether oxygens (including phenoxy) is 1. The van der Waals surface area contributed by atoms with Gasteiger partial charge in [-0.3, -0.25) is 14.4 Å². The molecule has 1 fully saturated rings. The topological polar surface area (TPSA) is 137 Å². The molecule has 1 aliphatic carbocycles. The predicted molar refractivity (Wildman–Crippen MR) is 173 cm³/mol. The van der Waals surface area contributed by atoms with Gasteiger partial charge in [0.1, 0.15) is 11.9 Å². The number of benzene rings is 2. The second kappa shape index (κ2) is 15.9. The third-order valence-corrected chi connectivity index (χ3v) is 8.50. The highest BCUT2D eigenvalue weighted by atomic mass is 16.5. The Hall–Kier alpha value is -3.63. The van der Waals surface area contributed by atoms with Gasteiger partial charge in [-0.25, -0.2) is 0 Å². The predicted octanol–water partition coefficient (Wildman–Crippen LogP) is 4.29. The van der Waals surface area contributed by atoms with Crippen molar-refractivity contribution in [3.05, 3.63) is 48.0 Å². The molecule has 2 aliphatic rings. The van der Waals surface area contributed by atoms with Gasteiger partial charge in [-0.2, -0.15) is 0 Å². The van der Waals surface area contributed by atoms with Crippen molar-refractivity contribution in [3.8, 4) is 5.75 Å². The van der Waals surface area contributed by atoms with Crippen LogP contribution in [0.3, 0.4) is 0 Å². The van der Waals surface area contributed by atoms with E-state index < -0.39 is 0 Å². The average molecular weight is 608 g/mol. The van der Waals surface area contributed by atoms with Crippen LogP contribution in [0.1, 0.15) is 64.4 Å². The molecule has 0 radical (unpaired) electrons. The number of hydrogen-bond donors (Lipinski definition) is 4. The third kappa shape index (κ3) is 9.95. The van der Waals surface area contributed by atoms with Crippen LogP contribution in [0.25, 0.3) is 0 Å². The van der Waals surface area contributed by atoms with E-state index in [0.29, 0.717) is 55.0 Å². The van der Waals surface area contributed by atoms with Crippen molar-refractivity contribution in [2.75, 3.05) is 49.7 Å². The van der Waals surface area contributed by atoms with Gasteiger partial charge in [0.25, 0.3) is 0 Å². The molecule has 0 saturated heterocycles. The smallest absolute Gasteiger partial charge is 0.227 e. The Labute approximate surface area is 261 Å². The maximum Gasteiger partial charge on any atom is 0.227 e. The monoisotopic (exact) mass is 607 g/mol. The van der Waals surface area contributed by atoms with Crippen molar-refractivity contribution in [1.82, 2.24) is 9.80 Å². The molecule has 0 bridgehead atoms. The van der Waals surface area contributed by atoms with Crippen LogP contribution in [-0.2, 0) is 20.8 Å². The molecule has 10 heteroatoms. The van der Waals surface area contributed by atoms with E-state index in [0.717, 1.165) is 31.0 Å². The number of fused-ring (bicyclic) bond motifs is 1. The molecule has 1 aliphatic heterocycles. The highest BCUT2D eigenvalue weighted by Gasteiger charge is 2.32. The first-order chi connectivity index (χ1) is 21.1. The molecule has 4 rings (SSSR count). The van der Waals surface area contributed by atoms with Crippen LogP contribution >= 0.6 is 0 Å². The number of aliphatic hydroxyl groups is 1. The number of para-hydroxylation sites is 2. The summed E-state index contributed by atoms with van der Waals surface area (Å²) in [7, 11) is 2.12. The largest absolute Gasteiger partial charge is 0.488 e. The Kier molecular flexibility index (Phi) is 12.0. The number of amides is 3. The first kappa shape index (κ1) is 33.3. The Morgan fingerprint density at radius 1 is 1.07 bits per heavy atom. The number of likely N-dealkylation sites (N-methyl/N-ethyl adjacent to an activating group) is 1. The van der Waals surface area contributed by atoms with E-state index in [-0.39, 0.29) is 48.8 Å². The number of hydrogen-bond acceptors (Lipinski definition) is 7. The number of anilines is 3. The Morgan fingerprint density at radius 3 is 2.45 bits per heavy atom. The summed E-state index contributed by atoms with van der Waals surface area (Å²) >= 11 is 0. The van der Waals surface area contributed by atoms with Crippen molar-refractivity contribution in [1.29, 1.82) is 0 Å². The van der Waals surface area contributed by atoms with E-state index >= 15 is 0 Å². The SMILES string of the molecule is C[C@@H]1CN([C@H](C)CO)C(=O)Cc2cc(NC(=O)CCCCCC(=O)Nc3ccccc3N)ccc2O[C@H]1CN(C)CC1CC1. The molecule has 1 heterocycles. The van der Waals surface area contributed by atoms with Crippen molar-refractivity contribution < 1.29 is 24.2 Å². The molecule has 3 atom stereocenters. The summed E-state index contributed by atoms with van der Waals surface area (Å²) in [5.74, 6) is 1.18. The van der Waals surface area contributed by atoms with Crippen molar-refractivity contribution in [2.24, 2.45) is 11.8 Å². The van der Waals surface area contributed by atoms with Crippen LogP contribution < -0.4 is 21.1 Å². The quantitative estimate of drug-likeness (QED) is 0.186. The van der Waals surface area contributed by atoms with Crippen LogP contribution in [0, 0.1) is 11.8 Å². The summed E-state index contributed by atoms with van der Waals surface area (Å²) in [5.41, 5.74) is 8.35. The highest BCUT2D eigenvalue weighted by Crippen LogP contribution is 2.31. The molecule has 0 spiro atoms. The van der Waals surface area contributed by atoms with E-state index in [9.17, 15) is 19.5 Å². The first-order valence-electron chi connectivity index (χ1n) is 16.0. The van der Waals surface area contributed by atoms with Gasteiger partial charge < -0.3 is 36.0 Å². The second-order valence-electron chi connectivity index (χ2n) is 12.6. The summed E-state index contributed by atoms with van der Waals surface area (Å²) < 4.78 is 6.59. The third-order valence-electron chi connectivity index (χ3n) is 8.50. The van der Waals surface area contributed by atoms with Crippen molar-refractivity contribution in [3.63, 3.8) is 0 Å². The Bertz CT molecular complexity index is 1280. The molecular formula is C34H49N5O5. The van der Waals surface area contributed by atoms with Gasteiger partial charge in [0, 0.05) is 49.6 Å². The lowest BCUT2D eigenvalue weighted by molar-refractivity contribution is -0.134. The highest BCUT2D eigenvalue weighted by molar-refractivity contribution is 5.94. The lowest BCUT2D eigenvalue weighted by atomic mass is 10.0. The molecule has 1 saturated carbocycles. The number of aliphatic hydroxyl groups excluding tert-OH is 1. The van der Waals surface area contributed by atoms with Crippen LogP contribution in [0.5, 0.6) is 5.75 Å². The van der Waals surface area contributed by atoms with E-state index in [1.54, 1.807) is 17.0 Å². The molecule has 10 nitrogen and oxygen atoms in total. The zero-order valence-electron chi connectivity index (χ0n) is 26.4. The maximum atomic E-state index is 13.4. The van der Waals surface area contributed by atoms with Gasteiger partial charge in [0.15, 0.2) is 0 Å².